The number of unbranched alkanes of at least 4 members (excludes halogenated alkanes) is 5. The van der Waals surface area contributed by atoms with E-state index >= 15 is 0 Å². The van der Waals surface area contributed by atoms with Gasteiger partial charge in [0, 0.05) is 5.54 Å². The molecular formula is C17H31FN2O. The van der Waals surface area contributed by atoms with Crippen molar-refractivity contribution >= 4 is 0 Å². The Balaban J connectivity index is 2.79. The van der Waals surface area contributed by atoms with Gasteiger partial charge in [0.15, 0.2) is 0 Å². The van der Waals surface area contributed by atoms with Crippen LogP contribution in [0.15, 0.2) is 6.20 Å². The monoisotopic (exact) mass is 298 g/mol. The lowest BCUT2D eigenvalue weighted by atomic mass is 9.88. The molecule has 0 fully saturated rings. The molecule has 0 saturated heterocycles. The van der Waals surface area contributed by atoms with E-state index in [2.05, 4.69) is 25.8 Å². The van der Waals surface area contributed by atoms with Gasteiger partial charge >= 0.3 is 0 Å². The van der Waals surface area contributed by atoms with Crippen LogP contribution < -0.4 is 4.74 Å². The molecule has 0 aliphatic rings. The molecule has 0 bridgehead atoms. The first-order valence-corrected chi connectivity index (χ1v) is 8.36. The molecule has 21 heavy (non-hydrogen) atoms. The molecule has 4 heteroatoms. The number of imidazole rings is 1. The van der Waals surface area contributed by atoms with Crippen molar-refractivity contribution in [3.63, 3.8) is 0 Å². The molecule has 0 aromatic carbocycles. The van der Waals surface area contributed by atoms with Crippen molar-refractivity contribution in [3.05, 3.63) is 12.1 Å². The molecule has 1 unspecified atom stereocenters. The van der Waals surface area contributed by atoms with E-state index < -0.39 is 0 Å². The SMILES string of the molecule is CCCCCCCC(C)(CCCC)n1c(F)cnc1OC. The highest BCUT2D eigenvalue weighted by Gasteiger charge is 2.31. The molecule has 0 aliphatic heterocycles. The van der Waals surface area contributed by atoms with Crippen LogP contribution in [0.3, 0.4) is 0 Å². The topological polar surface area (TPSA) is 27.1 Å². The summed E-state index contributed by atoms with van der Waals surface area (Å²) in [4.78, 5) is 4.03. The summed E-state index contributed by atoms with van der Waals surface area (Å²) in [6.45, 7) is 6.52. The lowest BCUT2D eigenvalue weighted by Crippen LogP contribution is -2.32. The van der Waals surface area contributed by atoms with Crippen molar-refractivity contribution in [2.24, 2.45) is 0 Å². The van der Waals surface area contributed by atoms with Gasteiger partial charge < -0.3 is 4.74 Å². The zero-order chi connectivity index (χ0) is 15.7. The van der Waals surface area contributed by atoms with Crippen LogP contribution in [0.4, 0.5) is 4.39 Å². The first kappa shape index (κ1) is 18.0. The molecule has 1 aromatic rings. The van der Waals surface area contributed by atoms with E-state index in [1.165, 1.54) is 31.9 Å². The second-order valence-corrected chi connectivity index (χ2v) is 6.17. The van der Waals surface area contributed by atoms with Gasteiger partial charge in [0.05, 0.1) is 13.3 Å². The molecule has 0 amide bonds. The minimum atomic E-state index is -0.293. The Morgan fingerprint density at radius 2 is 1.71 bits per heavy atom. The third-order valence-electron chi connectivity index (χ3n) is 4.30. The van der Waals surface area contributed by atoms with E-state index in [0.29, 0.717) is 6.01 Å². The summed E-state index contributed by atoms with van der Waals surface area (Å²) in [6.07, 6.45) is 11.5. The van der Waals surface area contributed by atoms with Crippen LogP contribution in [0.1, 0.15) is 78.6 Å². The average Bonchev–Trinajstić information content (AvgIpc) is 2.86. The minimum absolute atomic E-state index is 0.242. The smallest absolute Gasteiger partial charge is 0.298 e. The molecule has 3 nitrogen and oxygen atoms in total. The standard InChI is InChI=1S/C17H31FN2O/c1-5-7-9-10-11-13-17(3,12-8-6-2)20-15(18)14-19-16(20)21-4/h14H,5-13H2,1-4H3. The third kappa shape index (κ3) is 5.01. The van der Waals surface area contributed by atoms with Gasteiger partial charge in [-0.25, -0.2) is 4.98 Å². The van der Waals surface area contributed by atoms with E-state index in [1.54, 1.807) is 11.7 Å². The maximum absolute atomic E-state index is 14.2. The van der Waals surface area contributed by atoms with Gasteiger partial charge in [-0.2, -0.15) is 4.39 Å². The summed E-state index contributed by atoms with van der Waals surface area (Å²) < 4.78 is 21.1. The number of hydrogen-bond donors (Lipinski definition) is 0. The fourth-order valence-electron chi connectivity index (χ4n) is 2.96. The molecular weight excluding hydrogens is 267 g/mol. The van der Waals surface area contributed by atoms with Gasteiger partial charge in [-0.1, -0.05) is 58.8 Å². The van der Waals surface area contributed by atoms with Gasteiger partial charge in [-0.05, 0) is 19.8 Å². The summed E-state index contributed by atoms with van der Waals surface area (Å²) in [5.74, 6) is -0.293. The number of nitrogens with zero attached hydrogens (tertiary/aromatic N) is 2. The fourth-order valence-corrected chi connectivity index (χ4v) is 2.96. The highest BCUT2D eigenvalue weighted by Crippen LogP contribution is 2.34. The predicted molar refractivity (Wildman–Crippen MR) is 85.3 cm³/mol. The van der Waals surface area contributed by atoms with Gasteiger partial charge in [-0.15, -0.1) is 0 Å². The Labute approximate surface area is 128 Å². The number of ether oxygens (including phenoxy) is 1. The summed E-state index contributed by atoms with van der Waals surface area (Å²) >= 11 is 0. The van der Waals surface area contributed by atoms with Crippen molar-refractivity contribution in [2.75, 3.05) is 7.11 Å². The first-order valence-electron chi connectivity index (χ1n) is 8.36. The Kier molecular flexibility index (Phi) is 7.76. The summed E-state index contributed by atoms with van der Waals surface area (Å²) in [5.41, 5.74) is -0.242. The summed E-state index contributed by atoms with van der Waals surface area (Å²) in [5, 5.41) is 0. The maximum atomic E-state index is 14.2. The Morgan fingerprint density at radius 3 is 2.33 bits per heavy atom. The van der Waals surface area contributed by atoms with E-state index in [4.69, 9.17) is 4.74 Å². The molecule has 0 N–H and O–H groups in total. The fraction of sp³-hybridized carbons (Fsp3) is 0.824. The number of halogens is 1. The zero-order valence-corrected chi connectivity index (χ0v) is 14.1. The van der Waals surface area contributed by atoms with Gasteiger partial charge in [0.2, 0.25) is 5.95 Å². The molecule has 0 saturated carbocycles. The summed E-state index contributed by atoms with van der Waals surface area (Å²) in [6, 6.07) is 0.389. The van der Waals surface area contributed by atoms with Gasteiger partial charge in [0.1, 0.15) is 0 Å². The van der Waals surface area contributed by atoms with Crippen molar-refractivity contribution < 1.29 is 9.13 Å². The Bertz CT molecular complexity index is 405. The van der Waals surface area contributed by atoms with Crippen LogP contribution in [0, 0.1) is 5.95 Å². The van der Waals surface area contributed by atoms with Crippen molar-refractivity contribution in [1.29, 1.82) is 0 Å². The number of methoxy groups -OCH3 is 1. The highest BCUT2D eigenvalue weighted by atomic mass is 19.1. The molecule has 0 aliphatic carbocycles. The van der Waals surface area contributed by atoms with Crippen LogP contribution in [0.25, 0.3) is 0 Å². The van der Waals surface area contributed by atoms with Crippen LogP contribution in [-0.4, -0.2) is 16.7 Å². The normalized spacial score (nSPS) is 14.1. The van der Waals surface area contributed by atoms with Gasteiger partial charge in [0.25, 0.3) is 6.01 Å². The summed E-state index contributed by atoms with van der Waals surface area (Å²) in [7, 11) is 1.56. The van der Waals surface area contributed by atoms with Gasteiger partial charge in [-0.3, -0.25) is 4.57 Å². The molecule has 122 valence electrons. The number of rotatable bonds is 11. The molecule has 0 spiro atoms. The van der Waals surface area contributed by atoms with Crippen LogP contribution in [0.5, 0.6) is 6.01 Å². The molecule has 0 radical (unpaired) electrons. The molecule has 1 heterocycles. The third-order valence-corrected chi connectivity index (χ3v) is 4.30. The average molecular weight is 298 g/mol. The lowest BCUT2D eigenvalue weighted by molar-refractivity contribution is 0.196. The first-order chi connectivity index (χ1) is 10.1. The highest BCUT2D eigenvalue weighted by molar-refractivity contribution is 5.06. The maximum Gasteiger partial charge on any atom is 0.298 e. The number of hydrogen-bond acceptors (Lipinski definition) is 2. The number of aromatic nitrogens is 2. The Hall–Kier alpha value is -1.06. The van der Waals surface area contributed by atoms with E-state index in [0.717, 1.165) is 32.1 Å². The van der Waals surface area contributed by atoms with E-state index in [1.807, 2.05) is 0 Å². The second kappa shape index (κ2) is 9.06. The van der Waals surface area contributed by atoms with E-state index in [9.17, 15) is 4.39 Å². The Morgan fingerprint density at radius 1 is 1.10 bits per heavy atom. The van der Waals surface area contributed by atoms with E-state index in [-0.39, 0.29) is 11.5 Å². The quantitative estimate of drug-likeness (QED) is 0.518. The zero-order valence-electron chi connectivity index (χ0n) is 14.1. The van der Waals surface area contributed by atoms with Crippen LogP contribution in [0.2, 0.25) is 0 Å². The lowest BCUT2D eigenvalue weighted by Gasteiger charge is -2.32. The van der Waals surface area contributed by atoms with Crippen LogP contribution >= 0.6 is 0 Å². The largest absolute Gasteiger partial charge is 0.468 e. The van der Waals surface area contributed by atoms with Crippen molar-refractivity contribution in [3.8, 4) is 6.01 Å². The predicted octanol–water partition coefficient (Wildman–Crippen LogP) is 5.30. The second-order valence-electron chi connectivity index (χ2n) is 6.17. The van der Waals surface area contributed by atoms with Crippen molar-refractivity contribution in [2.45, 2.75) is 84.1 Å². The molecule has 1 atom stereocenters. The molecule has 1 rings (SSSR count). The van der Waals surface area contributed by atoms with Crippen LogP contribution in [-0.2, 0) is 5.54 Å². The van der Waals surface area contributed by atoms with Crippen molar-refractivity contribution in [1.82, 2.24) is 9.55 Å². The molecule has 1 aromatic heterocycles. The minimum Gasteiger partial charge on any atom is -0.468 e.